The molecule has 0 rings (SSSR count). The van der Waals surface area contributed by atoms with E-state index in [-0.39, 0.29) is 49.8 Å². The Bertz CT molecular complexity index is 560. The van der Waals surface area contributed by atoms with Crippen LogP contribution >= 0.6 is 34.0 Å². The summed E-state index contributed by atoms with van der Waals surface area (Å²) in [5, 5.41) is 0. The number of carbonyl (C=O) groups excluding carboxylic acids is 2. The van der Waals surface area contributed by atoms with E-state index in [1.165, 1.54) is 12.2 Å². The van der Waals surface area contributed by atoms with E-state index in [4.69, 9.17) is 6.42 Å². The molecule has 32 heavy (non-hydrogen) atoms. The lowest BCUT2D eigenvalue weighted by Crippen LogP contribution is -2.43. The van der Waals surface area contributed by atoms with Crippen LogP contribution in [0.15, 0.2) is 25.3 Å². The highest BCUT2D eigenvalue weighted by atomic mass is 79.9. The Morgan fingerprint density at radius 3 is 1.56 bits per heavy atom. The minimum Gasteiger partial charge on any atom is -0.462 e. The first-order chi connectivity index (χ1) is 14.1. The van der Waals surface area contributed by atoms with Crippen LogP contribution in [0.5, 0.6) is 0 Å². The second-order valence-electron chi connectivity index (χ2n) is 8.61. The van der Waals surface area contributed by atoms with Gasteiger partial charge in [0, 0.05) is 31.2 Å². The summed E-state index contributed by atoms with van der Waals surface area (Å²) >= 11 is 0. The van der Waals surface area contributed by atoms with E-state index < -0.39 is 0 Å². The number of hydrogen-bond donors (Lipinski definition) is 0. The van der Waals surface area contributed by atoms with Crippen LogP contribution in [-0.2, 0) is 9.59 Å². The Labute approximate surface area is 224 Å². The van der Waals surface area contributed by atoms with Gasteiger partial charge in [-0.3, -0.25) is 9.59 Å². The molecule has 0 amide bonds. The standard InChI is InChI=1S/C15H26NO.C11H21NO.2BrH.3H2/c1-5-15(17)13-11-9-10-12-14-16(6-2,7-3)8-4;1-5-11(13)9-7-6-8-10-12(2,3)4;;;;;/h2,5H,1,7-14H2,3-4H3;5H,1-2,6-10H2,3-4H3;5*1H/q+1;;;;;;. The Morgan fingerprint density at radius 2 is 1.22 bits per heavy atom. The zero-order valence-electron chi connectivity index (χ0n) is 21.1. The zero-order chi connectivity index (χ0) is 23.5. The van der Waals surface area contributed by atoms with Crippen LogP contribution < -0.4 is 0 Å². The molecule has 0 fully saturated rings. The lowest BCUT2D eigenvalue weighted by Gasteiger charge is -2.32. The molecule has 0 N–H and O–H groups in total. The lowest BCUT2D eigenvalue weighted by molar-refractivity contribution is -0.860. The van der Waals surface area contributed by atoms with Gasteiger partial charge in [0.25, 0.3) is 0 Å². The third kappa shape index (κ3) is 23.9. The van der Waals surface area contributed by atoms with E-state index in [0.29, 0.717) is 12.8 Å². The van der Waals surface area contributed by atoms with Crippen LogP contribution in [0.3, 0.4) is 0 Å². The molecule has 6 heteroatoms. The summed E-state index contributed by atoms with van der Waals surface area (Å²) in [5.41, 5.74) is 0. The Hall–Kier alpha value is -0.740. The molecule has 0 aliphatic carbocycles. The third-order valence-corrected chi connectivity index (χ3v) is 5.39. The van der Waals surface area contributed by atoms with E-state index in [9.17, 15) is 9.59 Å². The van der Waals surface area contributed by atoms with Crippen molar-refractivity contribution in [2.75, 3.05) is 40.3 Å². The molecule has 0 radical (unpaired) electrons. The molecule has 0 unspecified atom stereocenters. The normalized spacial score (nSPS) is 10.4. The smallest absolute Gasteiger partial charge is 0.155 e. The number of nitrogens with zero attached hydrogens (tertiary/aromatic N) is 2. The molecule has 4 nitrogen and oxygen atoms in total. The number of hydrogen-bond acceptors (Lipinski definition) is 2. The molecule has 194 valence electrons. The molecule has 0 spiro atoms. The minimum atomic E-state index is 0. The fraction of sp³-hybridized carbons (Fsp3) is 0.654. The fourth-order valence-electron chi connectivity index (χ4n) is 3.07. The van der Waals surface area contributed by atoms with E-state index in [1.807, 2.05) is 0 Å². The van der Waals surface area contributed by atoms with Gasteiger partial charge in [-0.1, -0.05) is 26.0 Å². The van der Waals surface area contributed by atoms with Crippen molar-refractivity contribution < 1.29 is 22.8 Å². The molecule has 0 aromatic rings. The van der Waals surface area contributed by atoms with Gasteiger partial charge in [-0.15, -0.1) is 41.0 Å². The molecule has 0 aromatic heterocycles. The van der Waals surface area contributed by atoms with Gasteiger partial charge in [-0.25, -0.2) is 4.48 Å². The average molecular weight is 588 g/mol. The number of unbranched alkanes of at least 4 members (excludes halogenated alkanes) is 5. The van der Waals surface area contributed by atoms with Crippen molar-refractivity contribution in [1.82, 2.24) is 0 Å². The molecule has 0 aromatic carbocycles. The van der Waals surface area contributed by atoms with Crippen molar-refractivity contribution in [1.29, 1.82) is 0 Å². The van der Waals surface area contributed by atoms with Crippen LogP contribution in [0.1, 0.15) is 75.9 Å². The van der Waals surface area contributed by atoms with E-state index in [2.05, 4.69) is 54.2 Å². The average Bonchev–Trinajstić information content (AvgIpc) is 2.72. The van der Waals surface area contributed by atoms with Crippen LogP contribution in [0.2, 0.25) is 0 Å². The summed E-state index contributed by atoms with van der Waals surface area (Å²) in [5.74, 6) is 0.309. The number of rotatable bonds is 17. The molecule has 0 atom stereocenters. The quantitative estimate of drug-likeness (QED) is 0.0593. The molecule has 0 bridgehead atoms. The number of halogens is 2. The van der Waals surface area contributed by atoms with Gasteiger partial charge in [-0.05, 0) is 64.5 Å². The molecule has 0 saturated heterocycles. The van der Waals surface area contributed by atoms with Crippen molar-refractivity contribution in [3.8, 4) is 12.5 Å². The first-order valence-corrected chi connectivity index (χ1v) is 11.4. The number of quaternary nitrogens is 2. The minimum absolute atomic E-state index is 0. The Kier molecular flexibility index (Phi) is 28.2. The highest BCUT2D eigenvalue weighted by Gasteiger charge is 2.19. The maximum absolute atomic E-state index is 11.0. The summed E-state index contributed by atoms with van der Waals surface area (Å²) in [4.78, 5) is 21.8. The highest BCUT2D eigenvalue weighted by molar-refractivity contribution is 8.93. The van der Waals surface area contributed by atoms with E-state index in [1.54, 1.807) is 0 Å². The maximum atomic E-state index is 11.0. The summed E-state index contributed by atoms with van der Waals surface area (Å²) < 4.78 is 1.53. The molecule has 0 aliphatic rings. The second-order valence-corrected chi connectivity index (χ2v) is 8.61. The molecule has 0 heterocycles. The molecular formula is C26H55Br2N2O2+. The Balaban J connectivity index is -0.0000000803. The van der Waals surface area contributed by atoms with Gasteiger partial charge in [0.15, 0.2) is 11.6 Å². The van der Waals surface area contributed by atoms with Crippen molar-refractivity contribution >= 4 is 45.5 Å². The van der Waals surface area contributed by atoms with Crippen LogP contribution in [0.25, 0.3) is 0 Å². The predicted octanol–water partition coefficient (Wildman–Crippen LogP) is 7.20. The summed E-state index contributed by atoms with van der Waals surface area (Å²) in [6, 6.07) is 2.90. The fourth-order valence-corrected chi connectivity index (χ4v) is 3.07. The van der Waals surface area contributed by atoms with E-state index >= 15 is 0 Å². The zero-order valence-corrected chi connectivity index (χ0v) is 24.5. The van der Waals surface area contributed by atoms with Crippen molar-refractivity contribution in [3.63, 3.8) is 0 Å². The lowest BCUT2D eigenvalue weighted by atomic mass is 10.1. The third-order valence-electron chi connectivity index (χ3n) is 5.39. The van der Waals surface area contributed by atoms with Crippen LogP contribution in [-0.4, -0.2) is 60.8 Å². The van der Waals surface area contributed by atoms with Gasteiger partial charge in [0.05, 0.1) is 26.2 Å². The summed E-state index contributed by atoms with van der Waals surface area (Å²) in [7, 11) is 8.13. The molecule has 0 aliphatic heterocycles. The predicted molar refractivity (Wildman–Crippen MR) is 156 cm³/mol. The van der Waals surface area contributed by atoms with Crippen molar-refractivity contribution in [3.05, 3.63) is 32.4 Å². The maximum Gasteiger partial charge on any atom is 0.155 e. The number of allylic oxidation sites excluding steroid dienone is 2. The Morgan fingerprint density at radius 1 is 0.844 bits per heavy atom. The van der Waals surface area contributed by atoms with E-state index in [0.717, 1.165) is 80.1 Å². The number of terminal acetylenes is 1. The largest absolute Gasteiger partial charge is 0.462 e. The topological polar surface area (TPSA) is 34.1 Å². The van der Waals surface area contributed by atoms with Gasteiger partial charge in [0.2, 0.25) is 0 Å². The number of carbonyl (C=O) groups is 2. The molecular weight excluding hydrogens is 532 g/mol. The van der Waals surface area contributed by atoms with Crippen LogP contribution in [0, 0.1) is 19.5 Å². The monoisotopic (exact) mass is 585 g/mol. The highest BCUT2D eigenvalue weighted by Crippen LogP contribution is 2.10. The van der Waals surface area contributed by atoms with Gasteiger partial charge in [0.1, 0.15) is 6.04 Å². The second kappa shape index (κ2) is 23.4. The van der Waals surface area contributed by atoms with Crippen molar-refractivity contribution in [2.45, 2.75) is 71.6 Å². The first-order valence-electron chi connectivity index (χ1n) is 11.4. The first kappa shape index (κ1) is 38.5. The van der Waals surface area contributed by atoms with Crippen LogP contribution in [0.4, 0.5) is 0 Å². The molecule has 0 saturated carbocycles. The number of ketones is 2. The van der Waals surface area contributed by atoms with Gasteiger partial charge < -0.3 is 4.48 Å². The van der Waals surface area contributed by atoms with Gasteiger partial charge in [-0.2, -0.15) is 0 Å². The summed E-state index contributed by atoms with van der Waals surface area (Å²) in [6.45, 7) is 15.3. The van der Waals surface area contributed by atoms with Gasteiger partial charge >= 0.3 is 0 Å². The summed E-state index contributed by atoms with van der Waals surface area (Å²) in [6.07, 6.45) is 17.3. The SMILES string of the molecule is Br.Br.C#C[N+](CC)(CC)CCCCCCC(=O)C=C.C=CC(=O)CCCCC[N+]([CH2-])(C)C.[HH].[HH].[HH]. The van der Waals surface area contributed by atoms with Crippen molar-refractivity contribution in [2.24, 2.45) is 0 Å².